The number of carbonyl (C=O) groups excluding carboxylic acids is 1. The molecule has 2 rings (SSSR count). The third-order valence-electron chi connectivity index (χ3n) is 3.23. The van der Waals surface area contributed by atoms with Crippen molar-refractivity contribution >= 4 is 11.6 Å². The number of nitrogen functional groups attached to an aromatic ring is 1. The summed E-state index contributed by atoms with van der Waals surface area (Å²) in [5.41, 5.74) is 7.42. The topological polar surface area (TPSA) is 86.1 Å². The van der Waals surface area contributed by atoms with Gasteiger partial charge in [0.25, 0.3) is 5.91 Å². The maximum absolute atomic E-state index is 12.3. The molecule has 0 aliphatic carbocycles. The van der Waals surface area contributed by atoms with E-state index in [9.17, 15) is 4.79 Å². The normalized spacial score (nSPS) is 11.7. The zero-order chi connectivity index (χ0) is 15.8. The number of anilines is 1. The largest absolute Gasteiger partial charge is 0.465 e. The third-order valence-corrected chi connectivity index (χ3v) is 3.23. The van der Waals surface area contributed by atoms with Gasteiger partial charge >= 0.3 is 0 Å². The van der Waals surface area contributed by atoms with Crippen molar-refractivity contribution in [3.05, 3.63) is 35.0 Å². The zero-order valence-corrected chi connectivity index (χ0v) is 13.2. The number of rotatable bonds is 3. The summed E-state index contributed by atoms with van der Waals surface area (Å²) in [6.45, 7) is 8.22. The number of aromatic nitrogens is 2. The van der Waals surface area contributed by atoms with Crippen molar-refractivity contribution in [3.63, 3.8) is 0 Å². The van der Waals surface area contributed by atoms with Crippen LogP contribution >= 0.6 is 0 Å². The zero-order valence-electron chi connectivity index (χ0n) is 13.2. The van der Waals surface area contributed by atoms with Crippen molar-refractivity contribution in [1.82, 2.24) is 15.1 Å². The highest BCUT2D eigenvalue weighted by Crippen LogP contribution is 2.28. The summed E-state index contributed by atoms with van der Waals surface area (Å²) in [4.78, 5) is 12.3. The molecule has 0 atom stereocenters. The fourth-order valence-electron chi connectivity index (χ4n) is 2.19. The molecule has 0 radical (unpaired) electrons. The van der Waals surface area contributed by atoms with Gasteiger partial charge in [0, 0.05) is 12.5 Å². The molecule has 0 aliphatic rings. The Balaban J connectivity index is 2.18. The van der Waals surface area contributed by atoms with E-state index in [1.807, 2.05) is 39.8 Å². The maximum Gasteiger partial charge on any atom is 0.272 e. The van der Waals surface area contributed by atoms with E-state index in [1.165, 1.54) is 4.68 Å². The predicted molar refractivity (Wildman–Crippen MR) is 80.9 cm³/mol. The number of aryl methyl sites for hydroxylation is 2. The van der Waals surface area contributed by atoms with Crippen molar-refractivity contribution in [3.8, 4) is 0 Å². The number of nitrogens with two attached hydrogens (primary N) is 1. The van der Waals surface area contributed by atoms with Gasteiger partial charge in [-0.2, -0.15) is 5.10 Å². The minimum atomic E-state index is -0.257. The van der Waals surface area contributed by atoms with Crippen LogP contribution in [-0.4, -0.2) is 15.7 Å². The number of nitrogens with one attached hydrogen (secondary N) is 1. The summed E-state index contributed by atoms with van der Waals surface area (Å²) in [6.07, 6.45) is 0. The Labute approximate surface area is 124 Å². The quantitative estimate of drug-likeness (QED) is 0.906. The van der Waals surface area contributed by atoms with E-state index in [0.717, 1.165) is 11.5 Å². The van der Waals surface area contributed by atoms with Gasteiger partial charge in [-0.25, -0.2) is 0 Å². The molecule has 0 saturated carbocycles. The standard InChI is InChI=1S/C15H22N4O2/c1-9-6-7-10(21-9)8-17-14(20)12-11(16)13(15(2,3)4)18-19(12)5/h6-7H,8,16H2,1-5H3,(H,17,20). The molecule has 0 aliphatic heterocycles. The summed E-state index contributed by atoms with van der Waals surface area (Å²) in [6, 6.07) is 3.69. The van der Waals surface area contributed by atoms with Crippen LogP contribution < -0.4 is 11.1 Å². The van der Waals surface area contributed by atoms with E-state index in [0.29, 0.717) is 23.7 Å². The van der Waals surface area contributed by atoms with Gasteiger partial charge in [-0.15, -0.1) is 0 Å². The molecule has 2 aromatic heterocycles. The van der Waals surface area contributed by atoms with E-state index in [-0.39, 0.29) is 11.3 Å². The van der Waals surface area contributed by atoms with Crippen LogP contribution in [0.3, 0.4) is 0 Å². The van der Waals surface area contributed by atoms with Crippen molar-refractivity contribution in [1.29, 1.82) is 0 Å². The highest BCUT2D eigenvalue weighted by molar-refractivity contribution is 5.98. The first-order valence-electron chi connectivity index (χ1n) is 6.86. The molecular formula is C15H22N4O2. The molecule has 0 aromatic carbocycles. The van der Waals surface area contributed by atoms with Gasteiger partial charge in [-0.05, 0) is 19.1 Å². The summed E-state index contributed by atoms with van der Waals surface area (Å²) in [7, 11) is 1.72. The van der Waals surface area contributed by atoms with Crippen molar-refractivity contribution in [2.24, 2.45) is 7.05 Å². The van der Waals surface area contributed by atoms with Crippen molar-refractivity contribution in [2.75, 3.05) is 5.73 Å². The molecule has 0 unspecified atom stereocenters. The van der Waals surface area contributed by atoms with Crippen LogP contribution in [-0.2, 0) is 19.0 Å². The van der Waals surface area contributed by atoms with E-state index in [4.69, 9.17) is 10.2 Å². The molecule has 0 saturated heterocycles. The van der Waals surface area contributed by atoms with E-state index in [2.05, 4.69) is 10.4 Å². The number of carbonyl (C=O) groups is 1. The predicted octanol–water partition coefficient (Wildman–Crippen LogP) is 2.13. The Morgan fingerprint density at radius 2 is 2.10 bits per heavy atom. The van der Waals surface area contributed by atoms with Gasteiger partial charge in [0.2, 0.25) is 0 Å². The molecule has 6 nitrogen and oxygen atoms in total. The summed E-state index contributed by atoms with van der Waals surface area (Å²) in [5, 5.41) is 7.17. The highest BCUT2D eigenvalue weighted by atomic mass is 16.3. The summed E-state index contributed by atoms with van der Waals surface area (Å²) in [5.74, 6) is 1.26. The molecule has 1 amide bonds. The van der Waals surface area contributed by atoms with E-state index in [1.54, 1.807) is 7.05 Å². The van der Waals surface area contributed by atoms with Crippen molar-refractivity contribution in [2.45, 2.75) is 39.7 Å². The number of amides is 1. The molecule has 0 spiro atoms. The smallest absolute Gasteiger partial charge is 0.272 e. The lowest BCUT2D eigenvalue weighted by Gasteiger charge is -2.15. The second kappa shape index (κ2) is 5.27. The summed E-state index contributed by atoms with van der Waals surface area (Å²) >= 11 is 0. The molecule has 6 heteroatoms. The van der Waals surface area contributed by atoms with Crippen LogP contribution in [0.1, 0.15) is 48.5 Å². The van der Waals surface area contributed by atoms with E-state index >= 15 is 0 Å². The van der Waals surface area contributed by atoms with Crippen LogP contribution in [0.2, 0.25) is 0 Å². The van der Waals surface area contributed by atoms with Gasteiger partial charge in [0.1, 0.15) is 17.2 Å². The van der Waals surface area contributed by atoms with Crippen LogP contribution in [0.25, 0.3) is 0 Å². The fourth-order valence-corrected chi connectivity index (χ4v) is 2.19. The molecule has 3 N–H and O–H groups in total. The molecular weight excluding hydrogens is 268 g/mol. The lowest BCUT2D eigenvalue weighted by atomic mass is 9.91. The lowest BCUT2D eigenvalue weighted by Crippen LogP contribution is -2.26. The SMILES string of the molecule is Cc1ccc(CNC(=O)c2c(N)c(C(C)(C)C)nn2C)o1. The van der Waals surface area contributed by atoms with Gasteiger partial charge in [0.15, 0.2) is 0 Å². The number of hydrogen-bond acceptors (Lipinski definition) is 4. The molecule has 2 aromatic rings. The Morgan fingerprint density at radius 1 is 1.43 bits per heavy atom. The third kappa shape index (κ3) is 3.09. The highest BCUT2D eigenvalue weighted by Gasteiger charge is 2.27. The van der Waals surface area contributed by atoms with Crippen LogP contribution in [0.5, 0.6) is 0 Å². The molecule has 114 valence electrons. The Kier molecular flexibility index (Phi) is 3.80. The Hall–Kier alpha value is -2.24. The lowest BCUT2D eigenvalue weighted by molar-refractivity contribution is 0.0939. The van der Waals surface area contributed by atoms with Gasteiger partial charge in [-0.1, -0.05) is 20.8 Å². The Morgan fingerprint density at radius 3 is 2.57 bits per heavy atom. The molecule has 2 heterocycles. The maximum atomic E-state index is 12.3. The Bertz CT molecular complexity index is 662. The average Bonchev–Trinajstić information content (AvgIpc) is 2.90. The van der Waals surface area contributed by atoms with Crippen LogP contribution in [0, 0.1) is 6.92 Å². The number of furan rings is 1. The molecule has 0 fully saturated rings. The van der Waals surface area contributed by atoms with Crippen molar-refractivity contribution < 1.29 is 9.21 Å². The minimum absolute atomic E-state index is 0.210. The number of hydrogen-bond donors (Lipinski definition) is 2. The fraction of sp³-hybridized carbons (Fsp3) is 0.467. The van der Waals surface area contributed by atoms with Crippen LogP contribution in [0.4, 0.5) is 5.69 Å². The van der Waals surface area contributed by atoms with Gasteiger partial charge in [-0.3, -0.25) is 9.48 Å². The first kappa shape index (κ1) is 15.2. The average molecular weight is 290 g/mol. The minimum Gasteiger partial charge on any atom is -0.465 e. The second-order valence-corrected chi connectivity index (χ2v) is 6.18. The second-order valence-electron chi connectivity index (χ2n) is 6.18. The summed E-state index contributed by atoms with van der Waals surface area (Å²) < 4.78 is 6.95. The number of nitrogens with zero attached hydrogens (tertiary/aromatic N) is 2. The molecule has 21 heavy (non-hydrogen) atoms. The first-order valence-corrected chi connectivity index (χ1v) is 6.86. The monoisotopic (exact) mass is 290 g/mol. The molecule has 0 bridgehead atoms. The van der Waals surface area contributed by atoms with Gasteiger partial charge < -0.3 is 15.5 Å². The van der Waals surface area contributed by atoms with Crippen LogP contribution in [0.15, 0.2) is 16.5 Å². The van der Waals surface area contributed by atoms with Gasteiger partial charge in [0.05, 0.1) is 17.9 Å². The first-order chi connectivity index (χ1) is 9.70. The van der Waals surface area contributed by atoms with E-state index < -0.39 is 0 Å².